The van der Waals surface area contributed by atoms with Crippen molar-refractivity contribution < 1.29 is 19.1 Å². The number of carbonyl (C=O) groups excluding carboxylic acids is 3. The van der Waals surface area contributed by atoms with E-state index in [0.29, 0.717) is 43.5 Å². The highest BCUT2D eigenvalue weighted by atomic mass is 16.5. The first-order chi connectivity index (χ1) is 19.0. The molecule has 3 aromatic carbocycles. The topological polar surface area (TPSA) is 75.7 Å². The van der Waals surface area contributed by atoms with Gasteiger partial charge in [-0.05, 0) is 83.0 Å². The van der Waals surface area contributed by atoms with Gasteiger partial charge in [0.2, 0.25) is 11.8 Å². The normalized spacial score (nSPS) is 19.7. The van der Waals surface area contributed by atoms with E-state index >= 15 is 0 Å². The molecule has 2 saturated carbocycles. The summed E-state index contributed by atoms with van der Waals surface area (Å²) in [7, 11) is 1.39. The summed E-state index contributed by atoms with van der Waals surface area (Å²) in [5.41, 5.74) is 7.09. The van der Waals surface area contributed by atoms with Gasteiger partial charge in [0.15, 0.2) is 0 Å². The van der Waals surface area contributed by atoms with Crippen molar-refractivity contribution in [3.63, 3.8) is 0 Å². The molecule has 0 spiro atoms. The van der Waals surface area contributed by atoms with E-state index in [1.54, 1.807) is 6.07 Å². The molecule has 6 nitrogen and oxygen atoms in total. The zero-order valence-electron chi connectivity index (χ0n) is 22.3. The highest BCUT2D eigenvalue weighted by Gasteiger charge is 2.43. The maximum Gasteiger partial charge on any atom is 0.337 e. The van der Waals surface area contributed by atoms with Crippen LogP contribution in [0.1, 0.15) is 64.2 Å². The number of hydrogen-bond acceptors (Lipinski definition) is 4. The molecule has 200 valence electrons. The van der Waals surface area contributed by atoms with Crippen LogP contribution in [0.5, 0.6) is 0 Å². The van der Waals surface area contributed by atoms with E-state index in [9.17, 15) is 14.4 Å². The van der Waals surface area contributed by atoms with Crippen molar-refractivity contribution in [1.82, 2.24) is 10.2 Å². The average molecular weight is 523 g/mol. The van der Waals surface area contributed by atoms with Gasteiger partial charge in [0, 0.05) is 32.0 Å². The average Bonchev–Trinajstić information content (AvgIpc) is 3.91. The predicted octanol–water partition coefficient (Wildman–Crippen LogP) is 5.24. The number of nitrogens with zero attached hydrogens (tertiary/aromatic N) is 1. The highest BCUT2D eigenvalue weighted by molar-refractivity contribution is 5.91. The number of ether oxygens (including phenoxy) is 1. The molecule has 3 aromatic rings. The molecule has 1 aliphatic heterocycles. The first-order valence-electron chi connectivity index (χ1n) is 13.9. The minimum absolute atomic E-state index is 0.0141. The molecule has 0 unspecified atom stereocenters. The second-order valence-electron chi connectivity index (χ2n) is 11.1. The third kappa shape index (κ3) is 5.47. The molecule has 2 atom stereocenters. The van der Waals surface area contributed by atoms with Gasteiger partial charge in [-0.1, -0.05) is 54.6 Å². The zero-order valence-corrected chi connectivity index (χ0v) is 22.3. The molecule has 0 aromatic heterocycles. The number of carbonyl (C=O) groups is 3. The minimum Gasteiger partial charge on any atom is -0.465 e. The van der Waals surface area contributed by atoms with Crippen LogP contribution in [0.2, 0.25) is 0 Å². The van der Waals surface area contributed by atoms with E-state index in [0.717, 1.165) is 47.9 Å². The van der Waals surface area contributed by atoms with Gasteiger partial charge in [-0.3, -0.25) is 9.59 Å². The van der Waals surface area contributed by atoms with Gasteiger partial charge in [-0.2, -0.15) is 0 Å². The van der Waals surface area contributed by atoms with Gasteiger partial charge in [-0.25, -0.2) is 4.79 Å². The number of esters is 1. The van der Waals surface area contributed by atoms with Gasteiger partial charge in [0.25, 0.3) is 0 Å². The summed E-state index contributed by atoms with van der Waals surface area (Å²) < 4.78 is 4.93. The molecular weight excluding hydrogens is 488 g/mol. The number of nitrogens with one attached hydrogen (secondary N) is 1. The second-order valence-corrected chi connectivity index (χ2v) is 11.1. The van der Waals surface area contributed by atoms with Crippen LogP contribution < -0.4 is 5.32 Å². The van der Waals surface area contributed by atoms with Crippen molar-refractivity contribution in [2.45, 2.75) is 51.1 Å². The van der Waals surface area contributed by atoms with Gasteiger partial charge in [-0.15, -0.1) is 0 Å². The minimum atomic E-state index is -0.365. The first kappa shape index (κ1) is 25.4. The van der Waals surface area contributed by atoms with Gasteiger partial charge in [0.1, 0.15) is 0 Å². The fourth-order valence-electron chi connectivity index (χ4n) is 5.89. The number of benzene rings is 3. The lowest BCUT2D eigenvalue weighted by Gasteiger charge is -2.32. The van der Waals surface area contributed by atoms with E-state index in [1.807, 2.05) is 41.3 Å². The quantitative estimate of drug-likeness (QED) is 0.411. The molecule has 2 amide bonds. The molecule has 0 bridgehead atoms. The molecule has 0 radical (unpaired) electrons. The Hall–Kier alpha value is -3.93. The largest absolute Gasteiger partial charge is 0.465 e. The van der Waals surface area contributed by atoms with Crippen LogP contribution in [-0.2, 0) is 33.8 Å². The maximum absolute atomic E-state index is 13.0. The molecule has 0 saturated heterocycles. The summed E-state index contributed by atoms with van der Waals surface area (Å²) in [6.45, 7) is 1.66. The van der Waals surface area contributed by atoms with Crippen LogP contribution >= 0.6 is 0 Å². The molecule has 6 rings (SSSR count). The number of fused-ring (bicyclic) bond motifs is 1. The molecule has 3 aliphatic rings. The monoisotopic (exact) mass is 522 g/mol. The van der Waals surface area contributed by atoms with E-state index in [1.165, 1.54) is 18.2 Å². The molecule has 2 fully saturated rings. The van der Waals surface area contributed by atoms with Crippen molar-refractivity contribution in [1.29, 1.82) is 0 Å². The summed E-state index contributed by atoms with van der Waals surface area (Å²) in [5, 5.41) is 3.18. The summed E-state index contributed by atoms with van der Waals surface area (Å²) in [6.07, 6.45) is 4.56. The zero-order chi connectivity index (χ0) is 26.9. The summed E-state index contributed by atoms with van der Waals surface area (Å²) >= 11 is 0. The van der Waals surface area contributed by atoms with E-state index in [4.69, 9.17) is 4.74 Å². The van der Waals surface area contributed by atoms with Crippen LogP contribution in [0, 0.1) is 11.8 Å². The van der Waals surface area contributed by atoms with Crippen molar-refractivity contribution >= 4 is 17.8 Å². The number of hydrogen-bond donors (Lipinski definition) is 1. The van der Waals surface area contributed by atoms with Crippen LogP contribution in [-0.4, -0.2) is 36.3 Å². The van der Waals surface area contributed by atoms with Crippen molar-refractivity contribution in [2.24, 2.45) is 11.8 Å². The smallest absolute Gasteiger partial charge is 0.337 e. The fourth-order valence-corrected chi connectivity index (χ4v) is 5.89. The van der Waals surface area contributed by atoms with Gasteiger partial charge >= 0.3 is 5.97 Å². The van der Waals surface area contributed by atoms with Crippen molar-refractivity contribution in [2.75, 3.05) is 13.7 Å². The Labute approximate surface area is 229 Å². The van der Waals surface area contributed by atoms with Crippen LogP contribution in [0.3, 0.4) is 0 Å². The third-order valence-electron chi connectivity index (χ3n) is 8.42. The maximum atomic E-state index is 13.0. The molecule has 39 heavy (non-hydrogen) atoms. The fraction of sp³-hybridized carbons (Fsp3) is 0.364. The van der Waals surface area contributed by atoms with Crippen LogP contribution in [0.25, 0.3) is 11.1 Å². The standard InChI is InChI=1S/C33H34N2O4/c1-39-33(38)24-9-5-8-23(17-24)26-13-12-25(19-34-32(37)29-18-28(29)22-6-3-2-4-7-22)30-20-35(15-14-27(26)30)31(36)16-21-10-11-21/h2-9,12-13,17,21,28-29H,10-11,14-16,18-20H2,1H3,(H,34,37)/t28-,29+/m0/s1. The van der Waals surface area contributed by atoms with Gasteiger partial charge < -0.3 is 15.0 Å². The van der Waals surface area contributed by atoms with E-state index < -0.39 is 0 Å². The van der Waals surface area contributed by atoms with Crippen molar-refractivity contribution in [3.8, 4) is 11.1 Å². The summed E-state index contributed by atoms with van der Waals surface area (Å²) in [5.74, 6) is 0.794. The Kier molecular flexibility index (Phi) is 6.94. The van der Waals surface area contributed by atoms with Crippen LogP contribution in [0.15, 0.2) is 66.7 Å². The number of amides is 2. The number of rotatable bonds is 8. The summed E-state index contributed by atoms with van der Waals surface area (Å²) in [6, 6.07) is 21.9. The Bertz CT molecular complexity index is 1410. The lowest BCUT2D eigenvalue weighted by molar-refractivity contribution is -0.132. The molecule has 1 N–H and O–H groups in total. The third-order valence-corrected chi connectivity index (χ3v) is 8.42. The Morgan fingerprint density at radius 3 is 2.56 bits per heavy atom. The molecule has 2 aliphatic carbocycles. The highest BCUT2D eigenvalue weighted by Crippen LogP contribution is 2.47. The lowest BCUT2D eigenvalue weighted by Crippen LogP contribution is -2.37. The Balaban J connectivity index is 1.25. The summed E-state index contributed by atoms with van der Waals surface area (Å²) in [4.78, 5) is 40.2. The lowest BCUT2D eigenvalue weighted by atomic mass is 9.87. The van der Waals surface area contributed by atoms with E-state index in [-0.39, 0.29) is 23.7 Å². The van der Waals surface area contributed by atoms with Crippen LogP contribution in [0.4, 0.5) is 0 Å². The van der Waals surface area contributed by atoms with Gasteiger partial charge in [0.05, 0.1) is 12.7 Å². The van der Waals surface area contributed by atoms with E-state index in [2.05, 4.69) is 29.6 Å². The second kappa shape index (κ2) is 10.7. The first-order valence-corrected chi connectivity index (χ1v) is 13.9. The van der Waals surface area contributed by atoms with Crippen molar-refractivity contribution in [3.05, 3.63) is 94.5 Å². The molecule has 1 heterocycles. The predicted molar refractivity (Wildman–Crippen MR) is 149 cm³/mol. The Morgan fingerprint density at radius 2 is 1.79 bits per heavy atom. The number of methoxy groups -OCH3 is 1. The molecular formula is C33H34N2O4. The SMILES string of the molecule is COC(=O)c1cccc(-c2ccc(CNC(=O)[C@@H]3C[C@H]3c3ccccc3)c3c2CCN(C(=O)CC2CC2)C3)c1. The molecule has 6 heteroatoms. The Morgan fingerprint density at radius 1 is 0.974 bits per heavy atom.